The molecule has 3 nitrogen and oxygen atoms in total. The number of rotatable bonds is 3. The van der Waals surface area contributed by atoms with Gasteiger partial charge in [0.1, 0.15) is 0 Å². The normalized spacial score (nSPS) is 13.1. The smallest absolute Gasteiger partial charge is 0.0732 e. The van der Waals surface area contributed by atoms with Gasteiger partial charge in [-0.25, -0.2) is 5.84 Å². The third-order valence-corrected chi connectivity index (χ3v) is 3.50. The van der Waals surface area contributed by atoms with E-state index in [1.165, 1.54) is 24.0 Å². The summed E-state index contributed by atoms with van der Waals surface area (Å²) in [5.74, 6) is 6.09. The SMILES string of the molecule is C=C(C(N)=C(C)C)N(N)c1ccc2c(c1)CCC2. The summed E-state index contributed by atoms with van der Waals surface area (Å²) in [5.41, 5.74) is 12.1. The van der Waals surface area contributed by atoms with Crippen molar-refractivity contribution in [1.29, 1.82) is 0 Å². The van der Waals surface area contributed by atoms with Crippen molar-refractivity contribution in [2.24, 2.45) is 11.6 Å². The average Bonchev–Trinajstić information content (AvgIpc) is 2.82. The highest BCUT2D eigenvalue weighted by molar-refractivity contribution is 5.57. The molecular formula is C15H21N3. The van der Waals surface area contributed by atoms with Gasteiger partial charge >= 0.3 is 0 Å². The summed E-state index contributed by atoms with van der Waals surface area (Å²) in [4.78, 5) is 0. The lowest BCUT2D eigenvalue weighted by Gasteiger charge is -2.23. The molecule has 96 valence electrons. The van der Waals surface area contributed by atoms with Crippen LogP contribution in [-0.4, -0.2) is 0 Å². The standard InChI is InChI=1S/C15H21N3/c1-10(2)15(16)11(3)18(17)14-8-7-12-5-4-6-13(12)9-14/h7-9H,3-6,16-17H2,1-2H3. The summed E-state index contributed by atoms with van der Waals surface area (Å²) in [7, 11) is 0. The van der Waals surface area contributed by atoms with Gasteiger partial charge in [-0.2, -0.15) is 0 Å². The monoisotopic (exact) mass is 243 g/mol. The van der Waals surface area contributed by atoms with E-state index >= 15 is 0 Å². The maximum atomic E-state index is 6.09. The van der Waals surface area contributed by atoms with Crippen LogP contribution < -0.4 is 16.6 Å². The molecule has 0 saturated carbocycles. The Bertz CT molecular complexity index is 510. The van der Waals surface area contributed by atoms with Crippen molar-refractivity contribution < 1.29 is 0 Å². The van der Waals surface area contributed by atoms with Gasteiger partial charge in [0.05, 0.1) is 17.1 Å². The van der Waals surface area contributed by atoms with Crippen molar-refractivity contribution in [2.45, 2.75) is 33.1 Å². The quantitative estimate of drug-likeness (QED) is 0.487. The molecule has 0 fully saturated rings. The molecule has 1 aliphatic carbocycles. The van der Waals surface area contributed by atoms with Crippen molar-refractivity contribution in [3.05, 3.63) is 52.9 Å². The maximum Gasteiger partial charge on any atom is 0.0732 e. The van der Waals surface area contributed by atoms with E-state index in [0.717, 1.165) is 17.7 Å². The Balaban J connectivity index is 2.27. The predicted octanol–water partition coefficient (Wildman–Crippen LogP) is 2.62. The molecule has 4 N–H and O–H groups in total. The Morgan fingerprint density at radius 1 is 1.22 bits per heavy atom. The third-order valence-electron chi connectivity index (χ3n) is 3.50. The van der Waals surface area contributed by atoms with Crippen molar-refractivity contribution in [3.8, 4) is 0 Å². The van der Waals surface area contributed by atoms with E-state index in [2.05, 4.69) is 18.7 Å². The molecular weight excluding hydrogens is 222 g/mol. The van der Waals surface area contributed by atoms with Crippen LogP contribution in [0.25, 0.3) is 0 Å². The topological polar surface area (TPSA) is 55.3 Å². The summed E-state index contributed by atoms with van der Waals surface area (Å²) in [6.45, 7) is 7.87. The van der Waals surface area contributed by atoms with Gasteiger partial charge < -0.3 is 5.73 Å². The van der Waals surface area contributed by atoms with Crippen LogP contribution in [-0.2, 0) is 12.8 Å². The molecule has 0 amide bonds. The van der Waals surface area contributed by atoms with Crippen LogP contribution in [0.1, 0.15) is 31.4 Å². The van der Waals surface area contributed by atoms with E-state index in [4.69, 9.17) is 11.6 Å². The number of nitrogens with two attached hydrogens (primary N) is 2. The van der Waals surface area contributed by atoms with Crippen LogP contribution in [0.15, 0.2) is 41.7 Å². The summed E-state index contributed by atoms with van der Waals surface area (Å²) in [6.07, 6.45) is 3.55. The Morgan fingerprint density at radius 3 is 2.56 bits per heavy atom. The van der Waals surface area contributed by atoms with E-state index in [1.54, 1.807) is 5.01 Å². The number of hydrogen-bond donors (Lipinski definition) is 2. The summed E-state index contributed by atoms with van der Waals surface area (Å²) in [6, 6.07) is 6.34. The first-order valence-corrected chi connectivity index (χ1v) is 6.29. The zero-order valence-corrected chi connectivity index (χ0v) is 11.2. The summed E-state index contributed by atoms with van der Waals surface area (Å²) < 4.78 is 0. The van der Waals surface area contributed by atoms with Crippen LogP contribution in [0.5, 0.6) is 0 Å². The number of hydrogen-bond acceptors (Lipinski definition) is 3. The molecule has 0 saturated heterocycles. The van der Waals surface area contributed by atoms with Gasteiger partial charge in [-0.15, -0.1) is 0 Å². The molecule has 0 aromatic heterocycles. The van der Waals surface area contributed by atoms with Crippen LogP contribution in [0.3, 0.4) is 0 Å². The largest absolute Gasteiger partial charge is 0.397 e. The van der Waals surface area contributed by atoms with Gasteiger partial charge in [-0.3, -0.25) is 5.01 Å². The van der Waals surface area contributed by atoms with Crippen LogP contribution in [0, 0.1) is 0 Å². The lowest BCUT2D eigenvalue weighted by molar-refractivity contribution is 0.911. The van der Waals surface area contributed by atoms with Gasteiger partial charge in [0.25, 0.3) is 0 Å². The second-order valence-electron chi connectivity index (χ2n) is 5.04. The maximum absolute atomic E-state index is 6.09. The number of hydrazine groups is 1. The minimum Gasteiger partial charge on any atom is -0.397 e. The van der Waals surface area contributed by atoms with E-state index in [9.17, 15) is 0 Å². The highest BCUT2D eigenvalue weighted by atomic mass is 15.4. The van der Waals surface area contributed by atoms with E-state index < -0.39 is 0 Å². The molecule has 0 bridgehead atoms. The lowest BCUT2D eigenvalue weighted by atomic mass is 10.1. The van der Waals surface area contributed by atoms with E-state index in [-0.39, 0.29) is 0 Å². The van der Waals surface area contributed by atoms with Gasteiger partial charge in [-0.05, 0) is 56.4 Å². The van der Waals surface area contributed by atoms with E-state index in [1.807, 2.05) is 19.9 Å². The molecule has 2 rings (SSSR count). The molecule has 0 spiro atoms. The molecule has 0 atom stereocenters. The number of benzene rings is 1. The first kappa shape index (κ1) is 12.7. The zero-order valence-electron chi connectivity index (χ0n) is 11.2. The second kappa shape index (κ2) is 4.86. The molecule has 0 aliphatic heterocycles. The van der Waals surface area contributed by atoms with Gasteiger partial charge in [-0.1, -0.05) is 18.2 Å². The molecule has 1 aromatic rings. The molecule has 1 aliphatic rings. The number of nitrogens with zero attached hydrogens (tertiary/aromatic N) is 1. The van der Waals surface area contributed by atoms with Crippen LogP contribution >= 0.6 is 0 Å². The minimum atomic E-state index is 0.646. The number of aryl methyl sites for hydroxylation is 2. The molecule has 18 heavy (non-hydrogen) atoms. The fourth-order valence-electron chi connectivity index (χ4n) is 2.28. The van der Waals surface area contributed by atoms with Crippen molar-refractivity contribution >= 4 is 5.69 Å². The zero-order chi connectivity index (χ0) is 13.3. The van der Waals surface area contributed by atoms with Crippen LogP contribution in [0.4, 0.5) is 5.69 Å². The number of allylic oxidation sites excluding steroid dienone is 1. The first-order chi connectivity index (χ1) is 8.50. The van der Waals surface area contributed by atoms with Gasteiger partial charge in [0.15, 0.2) is 0 Å². The summed E-state index contributed by atoms with van der Waals surface area (Å²) in [5, 5.41) is 1.57. The molecule has 0 heterocycles. The highest BCUT2D eigenvalue weighted by Gasteiger charge is 2.14. The van der Waals surface area contributed by atoms with Crippen LogP contribution in [0.2, 0.25) is 0 Å². The fraction of sp³-hybridized carbons (Fsp3) is 0.333. The third kappa shape index (κ3) is 2.27. The average molecular weight is 243 g/mol. The fourth-order valence-corrected chi connectivity index (χ4v) is 2.28. The molecule has 1 aromatic carbocycles. The predicted molar refractivity (Wildman–Crippen MR) is 76.8 cm³/mol. The Labute approximate surface area is 109 Å². The number of fused-ring (bicyclic) bond motifs is 1. The molecule has 0 unspecified atom stereocenters. The van der Waals surface area contributed by atoms with E-state index in [0.29, 0.717) is 11.4 Å². The summed E-state index contributed by atoms with van der Waals surface area (Å²) >= 11 is 0. The molecule has 3 heteroatoms. The number of anilines is 1. The van der Waals surface area contributed by atoms with Gasteiger partial charge in [0.2, 0.25) is 0 Å². The van der Waals surface area contributed by atoms with Crippen molar-refractivity contribution in [3.63, 3.8) is 0 Å². The minimum absolute atomic E-state index is 0.646. The molecule has 0 radical (unpaired) electrons. The Hall–Kier alpha value is -1.74. The van der Waals surface area contributed by atoms with Gasteiger partial charge in [0, 0.05) is 0 Å². The Kier molecular flexibility index (Phi) is 3.43. The first-order valence-electron chi connectivity index (χ1n) is 6.29. The lowest BCUT2D eigenvalue weighted by Crippen LogP contribution is -2.32. The van der Waals surface area contributed by atoms with Crippen molar-refractivity contribution in [1.82, 2.24) is 0 Å². The highest BCUT2D eigenvalue weighted by Crippen LogP contribution is 2.27. The second-order valence-corrected chi connectivity index (χ2v) is 5.04. The van der Waals surface area contributed by atoms with Crippen molar-refractivity contribution in [2.75, 3.05) is 5.01 Å². The Morgan fingerprint density at radius 2 is 1.89 bits per heavy atom.